The van der Waals surface area contributed by atoms with Crippen LogP contribution in [0, 0.1) is 5.82 Å². The molecule has 138 valence electrons. The van der Waals surface area contributed by atoms with Crippen LogP contribution in [0.15, 0.2) is 60.0 Å². The van der Waals surface area contributed by atoms with Crippen molar-refractivity contribution in [2.75, 3.05) is 0 Å². The van der Waals surface area contributed by atoms with Gasteiger partial charge in [-0.1, -0.05) is 55.3 Å². The van der Waals surface area contributed by atoms with E-state index in [9.17, 15) is 9.18 Å². The van der Waals surface area contributed by atoms with Crippen molar-refractivity contribution in [2.45, 2.75) is 37.6 Å². The number of nitrogens with zero attached hydrogens (tertiary/aromatic N) is 1. The third kappa shape index (κ3) is 3.93. The monoisotopic (exact) mass is 380 g/mol. The molecule has 0 saturated heterocycles. The number of thiazole rings is 1. The zero-order chi connectivity index (χ0) is 18.7. The van der Waals surface area contributed by atoms with Crippen molar-refractivity contribution in [3.05, 3.63) is 77.1 Å². The van der Waals surface area contributed by atoms with Crippen molar-refractivity contribution in [3.8, 4) is 10.6 Å². The molecule has 0 radical (unpaired) electrons. The Labute approximate surface area is 162 Å². The SMILES string of the molecule is O=C(Cc1csc(-c2ccccc2)n1)NC1(c2ccc(F)cc2)CCCC1. The fourth-order valence-corrected chi connectivity index (χ4v) is 4.64. The Morgan fingerprint density at radius 2 is 1.78 bits per heavy atom. The van der Waals surface area contributed by atoms with Crippen molar-refractivity contribution in [1.29, 1.82) is 0 Å². The molecule has 1 saturated carbocycles. The number of halogens is 1. The normalized spacial score (nSPS) is 15.6. The highest BCUT2D eigenvalue weighted by atomic mass is 32.1. The maximum Gasteiger partial charge on any atom is 0.226 e. The van der Waals surface area contributed by atoms with Crippen molar-refractivity contribution in [1.82, 2.24) is 10.3 Å². The summed E-state index contributed by atoms with van der Waals surface area (Å²) in [6.07, 6.45) is 4.15. The minimum Gasteiger partial charge on any atom is -0.346 e. The summed E-state index contributed by atoms with van der Waals surface area (Å²) >= 11 is 1.55. The van der Waals surface area contributed by atoms with Crippen molar-refractivity contribution in [2.24, 2.45) is 0 Å². The van der Waals surface area contributed by atoms with E-state index < -0.39 is 0 Å². The maximum absolute atomic E-state index is 13.3. The predicted octanol–water partition coefficient (Wildman–Crippen LogP) is 5.08. The van der Waals surface area contributed by atoms with Gasteiger partial charge in [-0.25, -0.2) is 9.37 Å². The van der Waals surface area contributed by atoms with Gasteiger partial charge in [0.2, 0.25) is 5.91 Å². The summed E-state index contributed by atoms with van der Waals surface area (Å²) < 4.78 is 13.3. The second-order valence-corrected chi connectivity index (χ2v) is 7.89. The molecule has 5 heteroatoms. The molecule has 27 heavy (non-hydrogen) atoms. The van der Waals surface area contributed by atoms with Crippen LogP contribution in [0.5, 0.6) is 0 Å². The van der Waals surface area contributed by atoms with Crippen molar-refractivity contribution in [3.63, 3.8) is 0 Å². The summed E-state index contributed by atoms with van der Waals surface area (Å²) in [5.41, 5.74) is 2.44. The lowest BCUT2D eigenvalue weighted by Crippen LogP contribution is -2.44. The fourth-order valence-electron chi connectivity index (χ4n) is 3.81. The van der Waals surface area contributed by atoms with E-state index in [-0.39, 0.29) is 23.7 Å². The molecule has 1 amide bonds. The van der Waals surface area contributed by atoms with Gasteiger partial charge in [0.25, 0.3) is 0 Å². The summed E-state index contributed by atoms with van der Waals surface area (Å²) in [4.78, 5) is 17.3. The number of carbonyl (C=O) groups is 1. The summed E-state index contributed by atoms with van der Waals surface area (Å²) in [5, 5.41) is 6.10. The van der Waals surface area contributed by atoms with Gasteiger partial charge in [-0.3, -0.25) is 4.79 Å². The van der Waals surface area contributed by atoms with Gasteiger partial charge in [-0.15, -0.1) is 11.3 Å². The second-order valence-electron chi connectivity index (χ2n) is 7.03. The van der Waals surface area contributed by atoms with E-state index in [0.29, 0.717) is 0 Å². The fraction of sp³-hybridized carbons (Fsp3) is 0.273. The van der Waals surface area contributed by atoms with Gasteiger partial charge in [0.15, 0.2) is 0 Å². The lowest BCUT2D eigenvalue weighted by Gasteiger charge is -2.31. The number of hydrogen-bond donors (Lipinski definition) is 1. The number of benzene rings is 2. The van der Waals surface area contributed by atoms with Crippen LogP contribution in [0.1, 0.15) is 36.9 Å². The molecular formula is C22H21FN2OS. The quantitative estimate of drug-likeness (QED) is 0.671. The standard InChI is InChI=1S/C22H21FN2OS/c23-18-10-8-17(9-11-18)22(12-4-5-13-22)25-20(26)14-19-15-27-21(24-19)16-6-2-1-3-7-16/h1-3,6-11,15H,4-5,12-14H2,(H,25,26). The molecule has 2 aromatic carbocycles. The average Bonchev–Trinajstić information content (AvgIpc) is 3.33. The summed E-state index contributed by atoms with van der Waals surface area (Å²) in [5.74, 6) is -0.291. The van der Waals surface area contributed by atoms with Crippen LogP contribution in [0.3, 0.4) is 0 Å². The highest BCUT2D eigenvalue weighted by molar-refractivity contribution is 7.13. The van der Waals surface area contributed by atoms with Gasteiger partial charge in [0.05, 0.1) is 17.7 Å². The van der Waals surface area contributed by atoms with Gasteiger partial charge in [0, 0.05) is 10.9 Å². The van der Waals surface area contributed by atoms with Crippen LogP contribution in [-0.4, -0.2) is 10.9 Å². The molecule has 3 aromatic rings. The zero-order valence-electron chi connectivity index (χ0n) is 15.0. The average molecular weight is 380 g/mol. The minimum atomic E-state index is -0.386. The first kappa shape index (κ1) is 17.9. The molecule has 0 atom stereocenters. The summed E-state index contributed by atoms with van der Waals surface area (Å²) in [6, 6.07) is 16.5. The van der Waals surface area contributed by atoms with Crippen LogP contribution in [0.2, 0.25) is 0 Å². The molecule has 0 spiro atoms. The van der Waals surface area contributed by atoms with Gasteiger partial charge < -0.3 is 5.32 Å². The Hall–Kier alpha value is -2.53. The van der Waals surface area contributed by atoms with Crippen LogP contribution in [0.4, 0.5) is 4.39 Å². The lowest BCUT2D eigenvalue weighted by atomic mass is 9.88. The summed E-state index contributed by atoms with van der Waals surface area (Å²) in [7, 11) is 0. The van der Waals surface area contributed by atoms with Gasteiger partial charge in [0.1, 0.15) is 10.8 Å². The van der Waals surface area contributed by atoms with Gasteiger partial charge in [-0.2, -0.15) is 0 Å². The molecule has 1 N–H and O–H groups in total. The highest BCUT2D eigenvalue weighted by Gasteiger charge is 2.37. The van der Waals surface area contributed by atoms with Gasteiger partial charge >= 0.3 is 0 Å². The molecule has 1 aromatic heterocycles. The third-order valence-corrected chi connectivity index (χ3v) is 6.09. The van der Waals surface area contributed by atoms with Crippen LogP contribution in [0.25, 0.3) is 10.6 Å². The molecule has 0 bridgehead atoms. The topological polar surface area (TPSA) is 42.0 Å². The lowest BCUT2D eigenvalue weighted by molar-refractivity contribution is -0.122. The van der Waals surface area contributed by atoms with E-state index in [1.807, 2.05) is 35.7 Å². The largest absolute Gasteiger partial charge is 0.346 e. The maximum atomic E-state index is 13.3. The molecule has 0 aliphatic heterocycles. The Morgan fingerprint density at radius 3 is 2.48 bits per heavy atom. The van der Waals surface area contributed by atoms with Crippen LogP contribution < -0.4 is 5.32 Å². The molecule has 4 rings (SSSR count). The molecular weight excluding hydrogens is 359 g/mol. The Kier molecular flexibility index (Phi) is 5.03. The predicted molar refractivity (Wildman–Crippen MR) is 106 cm³/mol. The van der Waals surface area contributed by atoms with Crippen LogP contribution >= 0.6 is 11.3 Å². The second kappa shape index (κ2) is 7.61. The van der Waals surface area contributed by atoms with Crippen molar-refractivity contribution >= 4 is 17.2 Å². The molecule has 1 aliphatic rings. The molecule has 1 heterocycles. The van der Waals surface area contributed by atoms with E-state index in [1.165, 1.54) is 12.1 Å². The van der Waals surface area contributed by atoms with Crippen molar-refractivity contribution < 1.29 is 9.18 Å². The first-order valence-electron chi connectivity index (χ1n) is 9.22. The molecule has 1 fully saturated rings. The number of amides is 1. The molecule has 0 unspecified atom stereocenters. The zero-order valence-corrected chi connectivity index (χ0v) is 15.8. The first-order chi connectivity index (χ1) is 13.1. The Bertz CT molecular complexity index is 915. The van der Waals surface area contributed by atoms with E-state index in [1.54, 1.807) is 23.5 Å². The molecule has 3 nitrogen and oxygen atoms in total. The molecule has 1 aliphatic carbocycles. The Balaban J connectivity index is 1.48. The smallest absolute Gasteiger partial charge is 0.226 e. The van der Waals surface area contributed by atoms with Crippen LogP contribution in [-0.2, 0) is 16.8 Å². The number of carbonyl (C=O) groups excluding carboxylic acids is 1. The number of hydrogen-bond acceptors (Lipinski definition) is 3. The van der Waals surface area contributed by atoms with E-state index in [4.69, 9.17) is 0 Å². The number of rotatable bonds is 5. The van der Waals surface area contributed by atoms with E-state index in [2.05, 4.69) is 10.3 Å². The first-order valence-corrected chi connectivity index (χ1v) is 10.1. The third-order valence-electron chi connectivity index (χ3n) is 5.15. The highest BCUT2D eigenvalue weighted by Crippen LogP contribution is 2.39. The minimum absolute atomic E-state index is 0.0360. The Morgan fingerprint density at radius 1 is 1.07 bits per heavy atom. The number of nitrogens with one attached hydrogen (secondary N) is 1. The van der Waals surface area contributed by atoms with E-state index in [0.717, 1.165) is 47.5 Å². The number of aromatic nitrogens is 1. The summed E-state index contributed by atoms with van der Waals surface area (Å²) in [6.45, 7) is 0. The van der Waals surface area contributed by atoms with E-state index >= 15 is 0 Å². The van der Waals surface area contributed by atoms with Gasteiger partial charge in [-0.05, 0) is 30.5 Å².